The number of nitrogens with one attached hydrogen (secondary N) is 1. The van der Waals surface area contributed by atoms with Crippen molar-refractivity contribution in [2.45, 2.75) is 56.1 Å². The number of carbonyl (C=O) groups excluding carboxylic acids is 3. The summed E-state index contributed by atoms with van der Waals surface area (Å²) in [7, 11) is 0. The normalized spacial score (nSPS) is 21.6. The average molecular weight is 602 g/mol. The number of urea groups is 1. The Bertz CT molecular complexity index is 1330. The molecule has 3 aliphatic heterocycles. The molecule has 2 aromatic carbocycles. The molecule has 2 aromatic rings. The van der Waals surface area contributed by atoms with Gasteiger partial charge in [0.25, 0.3) is 0 Å². The van der Waals surface area contributed by atoms with Gasteiger partial charge in [0.1, 0.15) is 0 Å². The van der Waals surface area contributed by atoms with E-state index in [4.69, 9.17) is 23.2 Å². The molecule has 7 nitrogen and oxygen atoms in total. The van der Waals surface area contributed by atoms with E-state index in [-0.39, 0.29) is 36.0 Å². The summed E-state index contributed by atoms with van der Waals surface area (Å²) in [4.78, 5) is 45.7. The van der Waals surface area contributed by atoms with Gasteiger partial charge >= 0.3 is 6.03 Å². The topological polar surface area (TPSA) is 73.0 Å². The smallest absolute Gasteiger partial charge is 0.318 e. The molecule has 5 rings (SSSR count). The first-order chi connectivity index (χ1) is 19.2. The number of carbonyl (C=O) groups is 3. The fraction of sp³-hybridized carbons (Fsp3) is 0.433. The summed E-state index contributed by atoms with van der Waals surface area (Å²) in [5.41, 5.74) is 3.17. The van der Waals surface area contributed by atoms with Crippen molar-refractivity contribution in [3.63, 3.8) is 0 Å². The van der Waals surface area contributed by atoms with Gasteiger partial charge in [-0.05, 0) is 68.5 Å². The number of hydrogen-bond donors (Lipinski definition) is 1. The minimum Gasteiger partial charge on any atom is -0.340 e. The SMILES string of the molecule is Cc1ccc(C)c(SCC(=O)N2CCC3C(C2)NC(=O)N3C2CCN(C(=O)/C=C/c3ccc(Cl)c(Cl)c3)CC2)c1. The van der Waals surface area contributed by atoms with E-state index < -0.39 is 0 Å². The van der Waals surface area contributed by atoms with Crippen molar-refractivity contribution in [2.24, 2.45) is 0 Å². The van der Waals surface area contributed by atoms with Crippen LogP contribution in [0, 0.1) is 13.8 Å². The van der Waals surface area contributed by atoms with Crippen molar-refractivity contribution in [1.82, 2.24) is 20.0 Å². The lowest BCUT2D eigenvalue weighted by Gasteiger charge is -2.42. The molecule has 3 saturated heterocycles. The van der Waals surface area contributed by atoms with Crippen LogP contribution in [0.5, 0.6) is 0 Å². The standard InChI is InChI=1S/C30H34Cl2N4O3S/c1-19-3-4-20(2)27(15-19)40-18-29(38)35-14-11-26-25(17-35)33-30(39)36(26)22-9-12-34(13-10-22)28(37)8-6-21-5-7-23(31)24(32)16-21/h3-8,15-16,22,25-26H,9-14,17-18H2,1-2H3,(H,33,39)/b8-6+. The molecule has 2 unspecified atom stereocenters. The summed E-state index contributed by atoms with van der Waals surface area (Å²) in [6.45, 7) is 6.50. The Balaban J connectivity index is 1.11. The summed E-state index contributed by atoms with van der Waals surface area (Å²) in [6.07, 6.45) is 5.53. The largest absolute Gasteiger partial charge is 0.340 e. The highest BCUT2D eigenvalue weighted by Gasteiger charge is 2.46. The highest BCUT2D eigenvalue weighted by Crippen LogP contribution is 2.30. The zero-order valence-electron chi connectivity index (χ0n) is 22.7. The summed E-state index contributed by atoms with van der Waals surface area (Å²) >= 11 is 13.6. The molecule has 0 spiro atoms. The van der Waals surface area contributed by atoms with Crippen LogP contribution in [-0.4, -0.2) is 82.6 Å². The number of halogens is 2. The maximum atomic E-state index is 13.0. The first-order valence-corrected chi connectivity index (χ1v) is 15.4. The first-order valence-electron chi connectivity index (χ1n) is 13.7. The number of nitrogens with zero attached hydrogens (tertiary/aromatic N) is 3. The lowest BCUT2D eigenvalue weighted by atomic mass is 9.95. The van der Waals surface area contributed by atoms with E-state index in [0.29, 0.717) is 42.0 Å². The van der Waals surface area contributed by atoms with Gasteiger partial charge in [0.2, 0.25) is 11.8 Å². The lowest BCUT2D eigenvalue weighted by molar-refractivity contribution is -0.130. The van der Waals surface area contributed by atoms with Crippen LogP contribution in [0.3, 0.4) is 0 Å². The highest BCUT2D eigenvalue weighted by atomic mass is 35.5. The fourth-order valence-corrected chi connectivity index (χ4v) is 7.14. The van der Waals surface area contributed by atoms with Gasteiger partial charge in [-0.2, -0.15) is 0 Å². The number of aryl methyl sites for hydroxylation is 2. The molecule has 3 fully saturated rings. The minimum atomic E-state index is -0.0651. The molecule has 40 heavy (non-hydrogen) atoms. The predicted octanol–water partition coefficient (Wildman–Crippen LogP) is 5.40. The van der Waals surface area contributed by atoms with Crippen molar-refractivity contribution >= 4 is 58.9 Å². The molecule has 10 heteroatoms. The van der Waals surface area contributed by atoms with Crippen molar-refractivity contribution in [1.29, 1.82) is 0 Å². The second-order valence-corrected chi connectivity index (χ2v) is 12.6. The van der Waals surface area contributed by atoms with Crippen LogP contribution in [0.1, 0.15) is 36.0 Å². The molecule has 1 N–H and O–H groups in total. The van der Waals surface area contributed by atoms with Gasteiger partial charge in [0.15, 0.2) is 0 Å². The van der Waals surface area contributed by atoms with Gasteiger partial charge in [0, 0.05) is 43.2 Å². The van der Waals surface area contributed by atoms with Gasteiger partial charge in [-0.15, -0.1) is 11.8 Å². The third kappa shape index (κ3) is 6.45. The summed E-state index contributed by atoms with van der Waals surface area (Å²) < 4.78 is 0. The average Bonchev–Trinajstić information content (AvgIpc) is 3.28. The molecule has 3 aliphatic rings. The number of benzene rings is 2. The maximum absolute atomic E-state index is 13.0. The Morgan fingerprint density at radius 2 is 1.75 bits per heavy atom. The molecule has 2 atom stereocenters. The Morgan fingerprint density at radius 3 is 2.50 bits per heavy atom. The van der Waals surface area contributed by atoms with Crippen LogP contribution in [0.15, 0.2) is 47.4 Å². The lowest BCUT2D eigenvalue weighted by Crippen LogP contribution is -2.55. The van der Waals surface area contributed by atoms with E-state index in [2.05, 4.69) is 37.4 Å². The van der Waals surface area contributed by atoms with Crippen LogP contribution >= 0.6 is 35.0 Å². The third-order valence-corrected chi connectivity index (χ3v) is 9.94. The van der Waals surface area contributed by atoms with Crippen molar-refractivity contribution in [2.75, 3.05) is 31.9 Å². The maximum Gasteiger partial charge on any atom is 0.318 e. The van der Waals surface area contributed by atoms with E-state index in [1.807, 2.05) is 20.8 Å². The fourth-order valence-electron chi connectivity index (χ4n) is 5.81. The molecular formula is C30H34Cl2N4O3S. The van der Waals surface area contributed by atoms with Crippen LogP contribution in [0.25, 0.3) is 6.08 Å². The van der Waals surface area contributed by atoms with E-state index >= 15 is 0 Å². The zero-order valence-corrected chi connectivity index (χ0v) is 25.1. The molecule has 212 valence electrons. The number of fused-ring (bicyclic) bond motifs is 1. The predicted molar refractivity (Wildman–Crippen MR) is 161 cm³/mol. The monoisotopic (exact) mass is 600 g/mol. The first kappa shape index (κ1) is 28.8. The number of likely N-dealkylation sites (tertiary alicyclic amines) is 2. The van der Waals surface area contributed by atoms with Crippen molar-refractivity contribution < 1.29 is 14.4 Å². The quantitative estimate of drug-likeness (QED) is 0.356. The second kappa shape index (κ2) is 12.5. The van der Waals surface area contributed by atoms with Gasteiger partial charge < -0.3 is 20.0 Å². The number of piperidine rings is 2. The van der Waals surface area contributed by atoms with Crippen LogP contribution in [0.2, 0.25) is 10.0 Å². The number of hydrogen-bond acceptors (Lipinski definition) is 4. The van der Waals surface area contributed by atoms with Crippen molar-refractivity contribution in [3.8, 4) is 0 Å². The summed E-state index contributed by atoms with van der Waals surface area (Å²) in [5.74, 6) is 0.447. The Labute approximate surface area is 249 Å². The molecule has 4 amide bonds. The Morgan fingerprint density at radius 1 is 1.00 bits per heavy atom. The summed E-state index contributed by atoms with van der Waals surface area (Å²) in [5, 5.41) is 4.06. The number of rotatable bonds is 6. The molecule has 0 aromatic heterocycles. The van der Waals surface area contributed by atoms with Crippen LogP contribution < -0.4 is 5.32 Å². The Kier molecular flexibility index (Phi) is 8.98. The summed E-state index contributed by atoms with van der Waals surface area (Å²) in [6, 6.07) is 11.6. The Hall–Kier alpha value is -2.68. The van der Waals surface area contributed by atoms with Crippen molar-refractivity contribution in [3.05, 3.63) is 69.2 Å². The van der Waals surface area contributed by atoms with E-state index in [1.165, 1.54) is 11.1 Å². The van der Waals surface area contributed by atoms with E-state index in [1.54, 1.807) is 36.0 Å². The molecule has 0 radical (unpaired) electrons. The van der Waals surface area contributed by atoms with Gasteiger partial charge in [-0.25, -0.2) is 4.79 Å². The molecule has 0 aliphatic carbocycles. The van der Waals surface area contributed by atoms with Gasteiger partial charge in [-0.1, -0.05) is 47.0 Å². The molecular weight excluding hydrogens is 567 g/mol. The van der Waals surface area contributed by atoms with E-state index in [0.717, 1.165) is 29.7 Å². The van der Waals surface area contributed by atoms with Crippen LogP contribution in [-0.2, 0) is 9.59 Å². The minimum absolute atomic E-state index is 0.0566. The van der Waals surface area contributed by atoms with Gasteiger partial charge in [0.05, 0.1) is 27.9 Å². The zero-order chi connectivity index (χ0) is 28.4. The second-order valence-electron chi connectivity index (χ2n) is 10.8. The molecule has 0 bridgehead atoms. The number of amides is 4. The molecule has 0 saturated carbocycles. The third-order valence-electron chi connectivity index (χ3n) is 8.06. The van der Waals surface area contributed by atoms with E-state index in [9.17, 15) is 14.4 Å². The van der Waals surface area contributed by atoms with Gasteiger partial charge in [-0.3, -0.25) is 9.59 Å². The highest BCUT2D eigenvalue weighted by molar-refractivity contribution is 8.00. The number of thioether (sulfide) groups is 1. The van der Waals surface area contributed by atoms with Crippen LogP contribution in [0.4, 0.5) is 4.79 Å². The molecule has 3 heterocycles.